The van der Waals surface area contributed by atoms with Gasteiger partial charge >= 0.3 is 0 Å². The van der Waals surface area contributed by atoms with Gasteiger partial charge in [0.05, 0.1) is 21.3 Å². The number of para-hydroxylation sites is 2. The maximum atomic E-state index is 13.1. The van der Waals surface area contributed by atoms with Crippen LogP contribution in [0.1, 0.15) is 5.56 Å². The lowest BCUT2D eigenvalue weighted by Gasteiger charge is -2.15. The van der Waals surface area contributed by atoms with Crippen molar-refractivity contribution in [2.24, 2.45) is 4.99 Å². The minimum absolute atomic E-state index is 0.00598. The Bertz CT molecular complexity index is 1080. The third-order valence-corrected chi connectivity index (χ3v) is 5.34. The summed E-state index contributed by atoms with van der Waals surface area (Å²) < 4.78 is 0. The van der Waals surface area contributed by atoms with E-state index in [1.807, 2.05) is 60.7 Å². The molecule has 28 heavy (non-hydrogen) atoms. The second-order valence-electron chi connectivity index (χ2n) is 6.03. The molecule has 1 amide bonds. The lowest BCUT2D eigenvalue weighted by molar-refractivity contribution is -0.113. The predicted molar refractivity (Wildman–Crippen MR) is 116 cm³/mol. The molecule has 1 N–H and O–H groups in total. The summed E-state index contributed by atoms with van der Waals surface area (Å²) in [6.45, 7) is 0. The maximum absolute atomic E-state index is 13.1. The van der Waals surface area contributed by atoms with E-state index in [2.05, 4.69) is 4.99 Å². The fourth-order valence-corrected chi connectivity index (χ4v) is 3.92. The van der Waals surface area contributed by atoms with Gasteiger partial charge in [0, 0.05) is 0 Å². The number of amidine groups is 1. The number of amides is 1. The number of anilines is 1. The molecule has 0 bridgehead atoms. The Morgan fingerprint density at radius 1 is 0.964 bits per heavy atom. The molecule has 0 atom stereocenters. The molecule has 4 rings (SSSR count). The minimum atomic E-state index is -0.157. The van der Waals surface area contributed by atoms with Crippen molar-refractivity contribution in [1.29, 1.82) is 0 Å². The van der Waals surface area contributed by atoms with Crippen molar-refractivity contribution in [2.45, 2.75) is 0 Å². The zero-order valence-corrected chi connectivity index (χ0v) is 16.2. The molecular weight excluding hydrogens is 392 g/mol. The van der Waals surface area contributed by atoms with Crippen LogP contribution in [-0.2, 0) is 4.79 Å². The summed E-state index contributed by atoms with van der Waals surface area (Å²) in [6, 6.07) is 23.8. The van der Waals surface area contributed by atoms with Gasteiger partial charge in [-0.3, -0.25) is 9.69 Å². The van der Waals surface area contributed by atoms with E-state index in [-0.39, 0.29) is 16.7 Å². The number of hydrogen-bond acceptors (Lipinski definition) is 4. The second-order valence-corrected chi connectivity index (χ2v) is 7.44. The first-order chi connectivity index (χ1) is 13.6. The summed E-state index contributed by atoms with van der Waals surface area (Å²) in [5.41, 5.74) is 2.25. The molecule has 3 aromatic rings. The molecule has 1 aliphatic rings. The SMILES string of the molecule is O=C1/C(=C\c2ccc(O)c(Cl)c2)SC(=Nc2ccccc2)N1c1ccccc1. The lowest BCUT2D eigenvalue weighted by Crippen LogP contribution is -2.28. The van der Waals surface area contributed by atoms with Crippen LogP contribution in [0.2, 0.25) is 5.02 Å². The highest BCUT2D eigenvalue weighted by atomic mass is 35.5. The Morgan fingerprint density at radius 3 is 2.32 bits per heavy atom. The number of nitrogens with zero attached hydrogens (tertiary/aromatic N) is 2. The number of rotatable bonds is 3. The van der Waals surface area contributed by atoms with Crippen molar-refractivity contribution in [3.63, 3.8) is 0 Å². The van der Waals surface area contributed by atoms with Gasteiger partial charge in [0.2, 0.25) is 0 Å². The van der Waals surface area contributed by atoms with Crippen LogP contribution in [0.4, 0.5) is 11.4 Å². The molecule has 138 valence electrons. The number of halogens is 1. The number of phenols is 1. The largest absolute Gasteiger partial charge is 0.506 e. The van der Waals surface area contributed by atoms with Gasteiger partial charge < -0.3 is 5.11 Å². The summed E-state index contributed by atoms with van der Waals surface area (Å²) >= 11 is 7.29. The van der Waals surface area contributed by atoms with Crippen LogP contribution < -0.4 is 4.90 Å². The zero-order valence-electron chi connectivity index (χ0n) is 14.6. The molecule has 1 heterocycles. The Balaban J connectivity index is 1.76. The number of aliphatic imine (C=N–C) groups is 1. The van der Waals surface area contributed by atoms with Crippen LogP contribution >= 0.6 is 23.4 Å². The first-order valence-electron chi connectivity index (χ1n) is 8.53. The first-order valence-corrected chi connectivity index (χ1v) is 9.72. The van der Waals surface area contributed by atoms with Gasteiger partial charge in [-0.05, 0) is 59.8 Å². The van der Waals surface area contributed by atoms with Crippen LogP contribution in [0.5, 0.6) is 5.75 Å². The molecular formula is C22H15ClN2O2S. The molecule has 1 saturated heterocycles. The van der Waals surface area contributed by atoms with E-state index in [4.69, 9.17) is 11.6 Å². The van der Waals surface area contributed by atoms with Crippen LogP contribution in [-0.4, -0.2) is 16.2 Å². The highest BCUT2D eigenvalue weighted by molar-refractivity contribution is 8.19. The molecule has 1 fully saturated rings. The Hall–Kier alpha value is -3.02. The van der Waals surface area contributed by atoms with Crippen LogP contribution in [0.15, 0.2) is 88.8 Å². The van der Waals surface area contributed by atoms with Gasteiger partial charge in [-0.25, -0.2) is 4.99 Å². The highest BCUT2D eigenvalue weighted by Gasteiger charge is 2.34. The van der Waals surface area contributed by atoms with E-state index >= 15 is 0 Å². The number of thioether (sulfide) groups is 1. The van der Waals surface area contributed by atoms with Crippen molar-refractivity contribution < 1.29 is 9.90 Å². The first kappa shape index (κ1) is 18.3. The van der Waals surface area contributed by atoms with Crippen molar-refractivity contribution in [1.82, 2.24) is 0 Å². The second kappa shape index (κ2) is 7.92. The van der Waals surface area contributed by atoms with Gasteiger partial charge in [-0.1, -0.05) is 54.1 Å². The monoisotopic (exact) mass is 406 g/mol. The third-order valence-electron chi connectivity index (χ3n) is 4.07. The summed E-state index contributed by atoms with van der Waals surface area (Å²) in [6.07, 6.45) is 1.75. The highest BCUT2D eigenvalue weighted by Crippen LogP contribution is 2.37. The minimum Gasteiger partial charge on any atom is -0.506 e. The van der Waals surface area contributed by atoms with Crippen LogP contribution in [0.3, 0.4) is 0 Å². The Labute approximate surface area is 171 Å². The standard InChI is InChI=1S/C22H15ClN2O2S/c23-18-13-15(11-12-19(18)26)14-20-21(27)25(17-9-5-2-6-10-17)22(28-20)24-16-7-3-1-4-8-16/h1-14,26H/b20-14+,24-22?. The molecule has 3 aromatic carbocycles. The van der Waals surface area contributed by atoms with Gasteiger partial charge in [-0.2, -0.15) is 0 Å². The van der Waals surface area contributed by atoms with Gasteiger partial charge in [0.25, 0.3) is 5.91 Å². The smallest absolute Gasteiger partial charge is 0.271 e. The quantitative estimate of drug-likeness (QED) is 0.554. The van der Waals surface area contributed by atoms with Crippen molar-refractivity contribution in [2.75, 3.05) is 4.90 Å². The molecule has 4 nitrogen and oxygen atoms in total. The van der Waals surface area contributed by atoms with Crippen molar-refractivity contribution in [3.8, 4) is 5.75 Å². The van der Waals surface area contributed by atoms with Gasteiger partial charge in [-0.15, -0.1) is 0 Å². The molecule has 0 aromatic heterocycles. The summed E-state index contributed by atoms with van der Waals surface area (Å²) in [7, 11) is 0. The number of phenolic OH excluding ortho intramolecular Hbond substituents is 1. The number of benzene rings is 3. The van der Waals surface area contributed by atoms with E-state index in [0.29, 0.717) is 10.1 Å². The van der Waals surface area contributed by atoms with E-state index in [1.54, 1.807) is 23.1 Å². The van der Waals surface area contributed by atoms with E-state index in [0.717, 1.165) is 16.9 Å². The molecule has 0 aliphatic carbocycles. The number of hydrogen-bond donors (Lipinski definition) is 1. The van der Waals surface area contributed by atoms with Gasteiger partial charge in [0.15, 0.2) is 5.17 Å². The fraction of sp³-hybridized carbons (Fsp3) is 0. The zero-order chi connectivity index (χ0) is 19.5. The summed E-state index contributed by atoms with van der Waals surface area (Å²) in [4.78, 5) is 19.9. The predicted octanol–water partition coefficient (Wildman–Crippen LogP) is 5.85. The average Bonchev–Trinajstić information content (AvgIpc) is 3.01. The molecule has 0 spiro atoms. The third kappa shape index (κ3) is 3.81. The molecule has 1 aliphatic heterocycles. The fourth-order valence-electron chi connectivity index (χ4n) is 2.73. The molecule has 0 unspecified atom stereocenters. The normalized spacial score (nSPS) is 16.9. The van der Waals surface area contributed by atoms with E-state index in [9.17, 15) is 9.90 Å². The topological polar surface area (TPSA) is 52.9 Å². The maximum Gasteiger partial charge on any atom is 0.271 e. The average molecular weight is 407 g/mol. The Morgan fingerprint density at radius 2 is 1.64 bits per heavy atom. The van der Waals surface area contributed by atoms with Crippen molar-refractivity contribution in [3.05, 3.63) is 94.4 Å². The summed E-state index contributed by atoms with van der Waals surface area (Å²) in [5.74, 6) is -0.151. The lowest BCUT2D eigenvalue weighted by atomic mass is 10.2. The van der Waals surface area contributed by atoms with E-state index in [1.165, 1.54) is 17.8 Å². The van der Waals surface area contributed by atoms with Crippen molar-refractivity contribution >= 4 is 51.9 Å². The van der Waals surface area contributed by atoms with Gasteiger partial charge in [0.1, 0.15) is 5.75 Å². The number of aromatic hydroxyl groups is 1. The molecule has 6 heteroatoms. The van der Waals surface area contributed by atoms with Crippen LogP contribution in [0, 0.1) is 0 Å². The molecule has 0 saturated carbocycles. The number of carbonyl (C=O) groups is 1. The number of carbonyl (C=O) groups excluding carboxylic acids is 1. The molecule has 0 radical (unpaired) electrons. The van der Waals surface area contributed by atoms with E-state index < -0.39 is 0 Å². The summed E-state index contributed by atoms with van der Waals surface area (Å²) in [5, 5.41) is 10.4. The Kier molecular flexibility index (Phi) is 5.19. The van der Waals surface area contributed by atoms with Crippen LogP contribution in [0.25, 0.3) is 6.08 Å².